The molecule has 0 bridgehead atoms. The highest BCUT2D eigenvalue weighted by molar-refractivity contribution is 6.12. The van der Waals surface area contributed by atoms with Crippen molar-refractivity contribution in [3.63, 3.8) is 0 Å². The number of benzene rings is 7. The molecular weight excluding hydrogens is 574 g/mol. The minimum atomic E-state index is 0.853. The second-order valence-corrected chi connectivity index (χ2v) is 12.0. The standard InChI is InChI=1S/C43H27N3O/c1-3-12-28(13-4-1)43-44-35-17-8-10-19-37(35)46(43)38-20-11-21-40-42(38)34-25-23-30(27-41(34)47-40)29-22-24-33-32-16-7-9-18-36(32)45(39(33)26-29)31-14-5-2-6-15-31/h1-27H. The summed E-state index contributed by atoms with van der Waals surface area (Å²) in [7, 11) is 0. The van der Waals surface area contributed by atoms with Crippen LogP contribution in [-0.2, 0) is 0 Å². The van der Waals surface area contributed by atoms with Crippen LogP contribution in [0.5, 0.6) is 0 Å². The van der Waals surface area contributed by atoms with Crippen molar-refractivity contribution in [2.75, 3.05) is 0 Å². The van der Waals surface area contributed by atoms with Crippen molar-refractivity contribution in [2.45, 2.75) is 0 Å². The van der Waals surface area contributed by atoms with E-state index in [4.69, 9.17) is 9.40 Å². The van der Waals surface area contributed by atoms with E-state index in [9.17, 15) is 0 Å². The molecule has 0 N–H and O–H groups in total. The normalized spacial score (nSPS) is 11.8. The Hall–Kier alpha value is -6.39. The van der Waals surface area contributed by atoms with Crippen molar-refractivity contribution >= 4 is 54.8 Å². The summed E-state index contributed by atoms with van der Waals surface area (Å²) in [6.07, 6.45) is 0. The molecule has 47 heavy (non-hydrogen) atoms. The number of hydrogen-bond acceptors (Lipinski definition) is 2. The first kappa shape index (κ1) is 25.9. The van der Waals surface area contributed by atoms with E-state index in [1.54, 1.807) is 0 Å². The lowest BCUT2D eigenvalue weighted by molar-refractivity contribution is 0.669. The Morgan fingerprint density at radius 1 is 0.426 bits per heavy atom. The fourth-order valence-corrected chi connectivity index (χ4v) is 7.23. The van der Waals surface area contributed by atoms with Crippen molar-refractivity contribution in [2.24, 2.45) is 0 Å². The van der Waals surface area contributed by atoms with Gasteiger partial charge in [-0.05, 0) is 71.8 Å². The molecular formula is C43H27N3O. The maximum absolute atomic E-state index is 6.60. The van der Waals surface area contributed by atoms with E-state index in [2.05, 4.69) is 161 Å². The summed E-state index contributed by atoms with van der Waals surface area (Å²) in [5.41, 5.74) is 11.6. The maximum Gasteiger partial charge on any atom is 0.145 e. The molecule has 0 aliphatic rings. The summed E-state index contributed by atoms with van der Waals surface area (Å²) in [4.78, 5) is 5.08. The summed E-state index contributed by atoms with van der Waals surface area (Å²) in [5, 5.41) is 4.65. The maximum atomic E-state index is 6.60. The van der Waals surface area contributed by atoms with Crippen LogP contribution in [0.1, 0.15) is 0 Å². The van der Waals surface area contributed by atoms with E-state index in [1.807, 2.05) is 12.1 Å². The molecule has 0 fully saturated rings. The van der Waals surface area contributed by atoms with Gasteiger partial charge in [0.15, 0.2) is 0 Å². The van der Waals surface area contributed by atoms with E-state index in [0.29, 0.717) is 0 Å². The summed E-state index contributed by atoms with van der Waals surface area (Å²) in [5.74, 6) is 0.910. The number of aromatic nitrogens is 3. The van der Waals surface area contributed by atoms with Gasteiger partial charge in [0.05, 0.1) is 33.1 Å². The lowest BCUT2D eigenvalue weighted by Crippen LogP contribution is -1.98. The quantitative estimate of drug-likeness (QED) is 0.201. The average molecular weight is 602 g/mol. The Morgan fingerprint density at radius 3 is 1.96 bits per heavy atom. The molecule has 10 aromatic rings. The minimum Gasteiger partial charge on any atom is -0.456 e. The van der Waals surface area contributed by atoms with Crippen LogP contribution in [0.15, 0.2) is 168 Å². The third-order valence-electron chi connectivity index (χ3n) is 9.33. The molecule has 220 valence electrons. The second-order valence-electron chi connectivity index (χ2n) is 12.0. The Bertz CT molecular complexity index is 2780. The van der Waals surface area contributed by atoms with Gasteiger partial charge in [-0.15, -0.1) is 0 Å². The van der Waals surface area contributed by atoms with Crippen LogP contribution in [0.2, 0.25) is 0 Å². The Labute approximate surface area is 270 Å². The van der Waals surface area contributed by atoms with Crippen molar-refractivity contribution in [3.8, 4) is 33.9 Å². The van der Waals surface area contributed by atoms with Crippen LogP contribution < -0.4 is 0 Å². The lowest BCUT2D eigenvalue weighted by Gasteiger charge is -2.11. The van der Waals surface area contributed by atoms with Gasteiger partial charge in [0.2, 0.25) is 0 Å². The van der Waals surface area contributed by atoms with Gasteiger partial charge in [-0.3, -0.25) is 4.57 Å². The molecule has 0 radical (unpaired) electrons. The first-order valence-corrected chi connectivity index (χ1v) is 15.9. The van der Waals surface area contributed by atoms with Crippen molar-refractivity contribution in [3.05, 3.63) is 164 Å². The zero-order chi connectivity index (χ0) is 30.9. The molecule has 10 rings (SSSR count). The topological polar surface area (TPSA) is 35.9 Å². The molecule has 0 atom stereocenters. The van der Waals surface area contributed by atoms with E-state index < -0.39 is 0 Å². The average Bonchev–Trinajstić information content (AvgIpc) is 3.81. The third kappa shape index (κ3) is 3.92. The van der Waals surface area contributed by atoms with Gasteiger partial charge >= 0.3 is 0 Å². The summed E-state index contributed by atoms with van der Waals surface area (Å²) in [6, 6.07) is 57.6. The number of nitrogens with zero attached hydrogens (tertiary/aromatic N) is 3. The van der Waals surface area contributed by atoms with Gasteiger partial charge in [-0.25, -0.2) is 4.98 Å². The Morgan fingerprint density at radius 2 is 1.11 bits per heavy atom. The predicted octanol–water partition coefficient (Wildman–Crippen LogP) is 11.4. The fraction of sp³-hybridized carbons (Fsp3) is 0. The molecule has 0 amide bonds. The molecule has 4 nitrogen and oxygen atoms in total. The van der Waals surface area contributed by atoms with E-state index in [-0.39, 0.29) is 0 Å². The highest BCUT2D eigenvalue weighted by Gasteiger charge is 2.20. The van der Waals surface area contributed by atoms with Gasteiger partial charge in [0.1, 0.15) is 17.0 Å². The molecule has 0 saturated heterocycles. The summed E-state index contributed by atoms with van der Waals surface area (Å²) in [6.45, 7) is 0. The number of fused-ring (bicyclic) bond motifs is 7. The van der Waals surface area contributed by atoms with Gasteiger partial charge in [0, 0.05) is 27.4 Å². The van der Waals surface area contributed by atoms with Gasteiger partial charge in [0.25, 0.3) is 0 Å². The van der Waals surface area contributed by atoms with Crippen molar-refractivity contribution < 1.29 is 4.42 Å². The molecule has 0 saturated carbocycles. The van der Waals surface area contributed by atoms with Gasteiger partial charge < -0.3 is 8.98 Å². The number of hydrogen-bond donors (Lipinski definition) is 0. The summed E-state index contributed by atoms with van der Waals surface area (Å²) < 4.78 is 11.2. The highest BCUT2D eigenvalue weighted by Crippen LogP contribution is 2.40. The Kier molecular flexibility index (Phi) is 5.54. The zero-order valence-corrected chi connectivity index (χ0v) is 25.3. The SMILES string of the molecule is c1ccc(-c2nc3ccccc3n2-c2cccc3oc4cc(-c5ccc6c7ccccc7n(-c7ccccc7)c6c5)ccc4c23)cc1. The highest BCUT2D eigenvalue weighted by atomic mass is 16.3. The lowest BCUT2D eigenvalue weighted by atomic mass is 10.0. The van der Waals surface area contributed by atoms with Crippen LogP contribution in [0.4, 0.5) is 0 Å². The van der Waals surface area contributed by atoms with E-state index >= 15 is 0 Å². The molecule has 0 spiro atoms. The summed E-state index contributed by atoms with van der Waals surface area (Å²) >= 11 is 0. The first-order chi connectivity index (χ1) is 23.3. The van der Waals surface area contributed by atoms with Crippen LogP contribution in [0.3, 0.4) is 0 Å². The van der Waals surface area contributed by atoms with Crippen molar-refractivity contribution in [1.29, 1.82) is 0 Å². The molecule has 3 heterocycles. The van der Waals surface area contributed by atoms with Crippen LogP contribution in [-0.4, -0.2) is 14.1 Å². The zero-order valence-electron chi connectivity index (χ0n) is 25.3. The number of imidazole rings is 1. The monoisotopic (exact) mass is 601 g/mol. The third-order valence-corrected chi connectivity index (χ3v) is 9.33. The molecule has 7 aromatic carbocycles. The second kappa shape index (κ2) is 10.1. The first-order valence-electron chi connectivity index (χ1n) is 15.9. The minimum absolute atomic E-state index is 0.853. The fourth-order valence-electron chi connectivity index (χ4n) is 7.23. The van der Waals surface area contributed by atoms with Crippen molar-refractivity contribution in [1.82, 2.24) is 14.1 Å². The van der Waals surface area contributed by atoms with Crippen LogP contribution in [0.25, 0.3) is 88.7 Å². The van der Waals surface area contributed by atoms with E-state index in [1.165, 1.54) is 21.8 Å². The smallest absolute Gasteiger partial charge is 0.145 e. The largest absolute Gasteiger partial charge is 0.456 e. The molecule has 0 unspecified atom stereocenters. The van der Waals surface area contributed by atoms with E-state index in [0.717, 1.165) is 66.9 Å². The predicted molar refractivity (Wildman–Crippen MR) is 194 cm³/mol. The van der Waals surface area contributed by atoms with Gasteiger partial charge in [-0.2, -0.15) is 0 Å². The molecule has 0 aliphatic heterocycles. The van der Waals surface area contributed by atoms with Crippen LogP contribution >= 0.6 is 0 Å². The molecule has 4 heteroatoms. The van der Waals surface area contributed by atoms with Gasteiger partial charge in [-0.1, -0.05) is 103 Å². The Balaban J connectivity index is 1.17. The van der Waals surface area contributed by atoms with Crippen LogP contribution in [0, 0.1) is 0 Å². The molecule has 0 aliphatic carbocycles. The number of rotatable bonds is 4. The molecule has 3 aromatic heterocycles. The number of furan rings is 1. The number of para-hydroxylation sites is 4.